The number of carbonyl (C=O) groups excluding carboxylic acids is 1. The second-order valence-corrected chi connectivity index (χ2v) is 7.17. The van der Waals surface area contributed by atoms with Crippen molar-refractivity contribution in [2.75, 3.05) is 19.5 Å². The number of aryl methyl sites for hydroxylation is 2. The van der Waals surface area contributed by atoms with Gasteiger partial charge in [0.25, 0.3) is 0 Å². The highest BCUT2D eigenvalue weighted by atomic mass is 32.2. The normalized spacial score (nSPS) is 13.4. The molecule has 1 rings (SSSR count). The van der Waals surface area contributed by atoms with E-state index in [-0.39, 0.29) is 29.0 Å². The largest absolute Gasteiger partial charge is 0.464 e. The van der Waals surface area contributed by atoms with Gasteiger partial charge in [-0.3, -0.25) is 4.68 Å². The Morgan fingerprint density at radius 3 is 2.50 bits per heavy atom. The van der Waals surface area contributed by atoms with Crippen LogP contribution < -0.4 is 0 Å². The molecule has 0 fully saturated rings. The monoisotopic (exact) mass is 334 g/mol. The molecule has 1 atom stereocenters. The van der Waals surface area contributed by atoms with Crippen LogP contribution in [0.4, 0.5) is 0 Å². The molecular formula is C13H22N2O6S. The SMILES string of the molecule is COC(=O)c1c(S(=O)(=O)CC(O)COC(C)C)c(C)nn1C. The second kappa shape index (κ2) is 7.21. The van der Waals surface area contributed by atoms with E-state index in [9.17, 15) is 18.3 Å². The van der Waals surface area contributed by atoms with Gasteiger partial charge >= 0.3 is 5.97 Å². The summed E-state index contributed by atoms with van der Waals surface area (Å²) in [6, 6.07) is 0. The average Bonchev–Trinajstić information content (AvgIpc) is 2.70. The maximum absolute atomic E-state index is 12.5. The Kier molecular flexibility index (Phi) is 6.09. The number of ether oxygens (including phenoxy) is 2. The molecule has 0 saturated carbocycles. The Morgan fingerprint density at radius 1 is 1.41 bits per heavy atom. The molecule has 0 saturated heterocycles. The van der Waals surface area contributed by atoms with E-state index in [1.165, 1.54) is 14.0 Å². The summed E-state index contributed by atoms with van der Waals surface area (Å²) in [5, 5.41) is 13.8. The quantitative estimate of drug-likeness (QED) is 0.703. The van der Waals surface area contributed by atoms with Gasteiger partial charge in [0.05, 0.1) is 37.4 Å². The summed E-state index contributed by atoms with van der Waals surface area (Å²) in [7, 11) is -1.30. The molecule has 0 radical (unpaired) electrons. The van der Waals surface area contributed by atoms with Crippen molar-refractivity contribution in [3.05, 3.63) is 11.4 Å². The first kappa shape index (κ1) is 18.6. The van der Waals surface area contributed by atoms with Crippen LogP contribution in [0.25, 0.3) is 0 Å². The van der Waals surface area contributed by atoms with Gasteiger partial charge in [0.15, 0.2) is 15.5 Å². The number of aromatic nitrogens is 2. The fraction of sp³-hybridized carbons (Fsp3) is 0.692. The van der Waals surface area contributed by atoms with Gasteiger partial charge in [0.2, 0.25) is 0 Å². The Balaban J connectivity index is 3.10. The molecule has 22 heavy (non-hydrogen) atoms. The summed E-state index contributed by atoms with van der Waals surface area (Å²) in [4.78, 5) is 11.6. The van der Waals surface area contributed by atoms with Gasteiger partial charge in [-0.05, 0) is 20.8 Å². The number of carbonyl (C=O) groups is 1. The van der Waals surface area contributed by atoms with Gasteiger partial charge in [0, 0.05) is 7.05 Å². The Morgan fingerprint density at radius 2 is 2.00 bits per heavy atom. The number of esters is 1. The zero-order valence-corrected chi connectivity index (χ0v) is 14.2. The molecule has 0 aromatic carbocycles. The molecule has 0 aliphatic carbocycles. The summed E-state index contributed by atoms with van der Waals surface area (Å²) in [6.45, 7) is 4.93. The minimum Gasteiger partial charge on any atom is -0.464 e. The molecule has 1 N–H and O–H groups in total. The molecular weight excluding hydrogens is 312 g/mol. The average molecular weight is 334 g/mol. The lowest BCUT2D eigenvalue weighted by atomic mass is 10.3. The van der Waals surface area contributed by atoms with Gasteiger partial charge in [-0.1, -0.05) is 0 Å². The van der Waals surface area contributed by atoms with Crippen molar-refractivity contribution in [3.63, 3.8) is 0 Å². The van der Waals surface area contributed by atoms with Gasteiger partial charge in [-0.2, -0.15) is 5.10 Å². The third kappa shape index (κ3) is 4.28. The van der Waals surface area contributed by atoms with E-state index in [4.69, 9.17) is 4.74 Å². The van der Waals surface area contributed by atoms with Crippen molar-refractivity contribution >= 4 is 15.8 Å². The molecule has 8 nitrogen and oxygen atoms in total. The summed E-state index contributed by atoms with van der Waals surface area (Å²) < 4.78 is 35.9. The van der Waals surface area contributed by atoms with Crippen molar-refractivity contribution < 1.29 is 27.8 Å². The van der Waals surface area contributed by atoms with E-state index < -0.39 is 27.7 Å². The summed E-state index contributed by atoms with van der Waals surface area (Å²) in [5.41, 5.74) is 0.0249. The predicted octanol–water partition coefficient (Wildman–Crippen LogP) is 0.0747. The maximum Gasteiger partial charge on any atom is 0.357 e. The van der Waals surface area contributed by atoms with E-state index in [1.54, 1.807) is 13.8 Å². The lowest BCUT2D eigenvalue weighted by Crippen LogP contribution is -2.28. The van der Waals surface area contributed by atoms with Gasteiger partial charge in [-0.15, -0.1) is 0 Å². The molecule has 0 amide bonds. The van der Waals surface area contributed by atoms with Gasteiger partial charge in [0.1, 0.15) is 4.90 Å². The van der Waals surface area contributed by atoms with Crippen LogP contribution in [0.3, 0.4) is 0 Å². The fourth-order valence-electron chi connectivity index (χ4n) is 2.02. The van der Waals surface area contributed by atoms with Crippen molar-refractivity contribution in [3.8, 4) is 0 Å². The molecule has 1 heterocycles. The number of rotatable bonds is 7. The highest BCUT2D eigenvalue weighted by Gasteiger charge is 2.32. The molecule has 0 bridgehead atoms. The van der Waals surface area contributed by atoms with Crippen LogP contribution in [0.5, 0.6) is 0 Å². The molecule has 9 heteroatoms. The number of nitrogens with zero attached hydrogens (tertiary/aromatic N) is 2. The standard InChI is InChI=1S/C13H22N2O6S/c1-8(2)21-6-10(16)7-22(18,19)12-9(3)14-15(4)11(12)13(17)20-5/h8,10,16H,6-7H2,1-5H3. The predicted molar refractivity (Wildman–Crippen MR) is 78.4 cm³/mol. The summed E-state index contributed by atoms with van der Waals surface area (Å²) in [6.07, 6.45) is -1.32. The molecule has 1 unspecified atom stereocenters. The van der Waals surface area contributed by atoms with Gasteiger partial charge in [-0.25, -0.2) is 13.2 Å². The maximum atomic E-state index is 12.5. The summed E-state index contributed by atoms with van der Waals surface area (Å²) >= 11 is 0. The van der Waals surface area contributed by atoms with E-state index in [0.717, 1.165) is 11.8 Å². The van der Waals surface area contributed by atoms with E-state index in [1.807, 2.05) is 0 Å². The first-order valence-electron chi connectivity index (χ1n) is 6.74. The molecule has 0 spiro atoms. The Bertz CT molecular complexity index is 635. The van der Waals surface area contributed by atoms with Crippen molar-refractivity contribution in [1.82, 2.24) is 9.78 Å². The van der Waals surface area contributed by atoms with Crippen LogP contribution in [-0.4, -0.2) is 61.0 Å². The Labute approximate surface area is 129 Å². The third-order valence-electron chi connectivity index (χ3n) is 2.89. The topological polar surface area (TPSA) is 108 Å². The van der Waals surface area contributed by atoms with Crippen LogP contribution in [-0.2, 0) is 26.4 Å². The zero-order valence-electron chi connectivity index (χ0n) is 13.4. The highest BCUT2D eigenvalue weighted by molar-refractivity contribution is 7.91. The zero-order chi connectivity index (χ0) is 17.1. The van der Waals surface area contributed by atoms with Crippen LogP contribution in [0.2, 0.25) is 0 Å². The van der Waals surface area contributed by atoms with E-state index in [2.05, 4.69) is 9.84 Å². The first-order chi connectivity index (χ1) is 10.1. The number of methoxy groups -OCH3 is 1. The van der Waals surface area contributed by atoms with E-state index in [0.29, 0.717) is 0 Å². The molecule has 0 aliphatic heterocycles. The molecule has 0 aliphatic rings. The number of aliphatic hydroxyl groups is 1. The van der Waals surface area contributed by atoms with E-state index >= 15 is 0 Å². The second-order valence-electron chi connectivity index (χ2n) is 5.20. The van der Waals surface area contributed by atoms with Crippen LogP contribution in [0, 0.1) is 6.92 Å². The number of aliphatic hydroxyl groups excluding tert-OH is 1. The lowest BCUT2D eigenvalue weighted by molar-refractivity contribution is 0.0146. The number of hydrogen-bond donors (Lipinski definition) is 1. The van der Waals surface area contributed by atoms with Crippen molar-refractivity contribution in [1.29, 1.82) is 0 Å². The Hall–Kier alpha value is -1.45. The van der Waals surface area contributed by atoms with Crippen LogP contribution in [0.15, 0.2) is 4.90 Å². The fourth-order valence-corrected chi connectivity index (χ4v) is 3.79. The highest BCUT2D eigenvalue weighted by Crippen LogP contribution is 2.22. The number of hydrogen-bond acceptors (Lipinski definition) is 7. The molecule has 126 valence electrons. The number of sulfone groups is 1. The lowest BCUT2D eigenvalue weighted by Gasteiger charge is -2.14. The molecule has 1 aromatic heterocycles. The third-order valence-corrected chi connectivity index (χ3v) is 4.83. The van der Waals surface area contributed by atoms with Crippen molar-refractivity contribution in [2.24, 2.45) is 7.05 Å². The minimum atomic E-state index is -3.92. The smallest absolute Gasteiger partial charge is 0.357 e. The van der Waals surface area contributed by atoms with Crippen molar-refractivity contribution in [2.45, 2.75) is 37.9 Å². The minimum absolute atomic E-state index is 0.107. The summed E-state index contributed by atoms with van der Waals surface area (Å²) in [5.74, 6) is -1.36. The first-order valence-corrected chi connectivity index (χ1v) is 8.39. The van der Waals surface area contributed by atoms with Crippen LogP contribution in [0.1, 0.15) is 30.0 Å². The van der Waals surface area contributed by atoms with Gasteiger partial charge < -0.3 is 14.6 Å². The van der Waals surface area contributed by atoms with Crippen LogP contribution >= 0.6 is 0 Å². The molecule has 1 aromatic rings.